The molecule has 1 aromatic heterocycles. The monoisotopic (exact) mass is 469 g/mol. The van der Waals surface area contributed by atoms with Crippen molar-refractivity contribution in [3.05, 3.63) is 40.4 Å². The second kappa shape index (κ2) is 9.79. The number of aryl methyl sites for hydroxylation is 1. The van der Waals surface area contributed by atoms with Crippen LogP contribution >= 0.6 is 24.0 Å². The highest BCUT2D eigenvalue weighted by molar-refractivity contribution is 8.26. The summed E-state index contributed by atoms with van der Waals surface area (Å²) in [6.07, 6.45) is 8.23. The van der Waals surface area contributed by atoms with Crippen molar-refractivity contribution in [3.63, 3.8) is 0 Å². The van der Waals surface area contributed by atoms with Crippen molar-refractivity contribution in [2.45, 2.75) is 53.0 Å². The van der Waals surface area contributed by atoms with Gasteiger partial charge in [-0.2, -0.15) is 0 Å². The predicted molar refractivity (Wildman–Crippen MR) is 136 cm³/mol. The zero-order valence-electron chi connectivity index (χ0n) is 19.1. The van der Waals surface area contributed by atoms with E-state index in [9.17, 15) is 9.59 Å². The number of likely N-dealkylation sites (tertiary alicyclic amines) is 1. The van der Waals surface area contributed by atoms with Crippen LogP contribution in [0.4, 0.5) is 0 Å². The van der Waals surface area contributed by atoms with E-state index in [0.29, 0.717) is 28.2 Å². The third-order valence-electron chi connectivity index (χ3n) is 6.12. The first-order chi connectivity index (χ1) is 15.4. The molecule has 170 valence electrons. The van der Waals surface area contributed by atoms with Gasteiger partial charge < -0.3 is 9.47 Å². The standard InChI is InChI=1S/C25H31N3O2S2/c1-4-18-9-8-10-20-19(13-21-24(30)28(14-17(2)3)25(31)32-21)15-27(23(18)20)16-22(29)26-11-6-5-7-12-26/h8-10,13,15,17H,4-7,11-12,14,16H2,1-3H3/b21-13-. The maximum Gasteiger partial charge on any atom is 0.266 e. The van der Waals surface area contributed by atoms with Crippen LogP contribution in [0.1, 0.15) is 51.2 Å². The quantitative estimate of drug-likeness (QED) is 0.438. The molecule has 0 aliphatic carbocycles. The SMILES string of the molecule is CCc1cccc2c(/C=C3\SC(=S)N(CC(C)C)C3=O)cn(CC(=O)N3CCCCC3)c12. The van der Waals surface area contributed by atoms with E-state index in [1.807, 2.05) is 17.2 Å². The number of fused-ring (bicyclic) bond motifs is 1. The molecule has 0 unspecified atom stereocenters. The Morgan fingerprint density at radius 3 is 2.66 bits per heavy atom. The van der Waals surface area contributed by atoms with Gasteiger partial charge in [-0.25, -0.2) is 0 Å². The molecule has 2 aliphatic rings. The molecule has 7 heteroatoms. The van der Waals surface area contributed by atoms with Crippen LogP contribution in [0, 0.1) is 5.92 Å². The molecule has 2 aromatic rings. The van der Waals surface area contributed by atoms with Gasteiger partial charge in [0.05, 0.1) is 10.4 Å². The number of hydrogen-bond donors (Lipinski definition) is 0. The minimum absolute atomic E-state index is 0.0226. The van der Waals surface area contributed by atoms with E-state index in [0.717, 1.165) is 48.8 Å². The van der Waals surface area contributed by atoms with Crippen LogP contribution in [0.3, 0.4) is 0 Å². The third kappa shape index (κ3) is 4.64. The molecule has 3 heterocycles. The largest absolute Gasteiger partial charge is 0.341 e. The fourth-order valence-electron chi connectivity index (χ4n) is 4.54. The predicted octanol–water partition coefficient (Wildman–Crippen LogP) is 5.07. The number of nitrogens with zero attached hydrogens (tertiary/aromatic N) is 3. The van der Waals surface area contributed by atoms with Crippen molar-refractivity contribution in [2.75, 3.05) is 19.6 Å². The average Bonchev–Trinajstić information content (AvgIpc) is 3.26. The Labute approximate surface area is 199 Å². The first-order valence-corrected chi connectivity index (χ1v) is 12.8. The van der Waals surface area contributed by atoms with E-state index in [4.69, 9.17) is 12.2 Å². The van der Waals surface area contributed by atoms with E-state index in [1.165, 1.54) is 23.7 Å². The number of piperidine rings is 1. The first kappa shape index (κ1) is 23.1. The third-order valence-corrected chi connectivity index (χ3v) is 7.49. The fourth-order valence-corrected chi connectivity index (χ4v) is 5.81. The van der Waals surface area contributed by atoms with Gasteiger partial charge in [-0.05, 0) is 43.2 Å². The molecular weight excluding hydrogens is 438 g/mol. The van der Waals surface area contributed by atoms with Crippen LogP contribution in [-0.2, 0) is 22.6 Å². The number of para-hydroxylation sites is 1. The molecule has 2 fully saturated rings. The van der Waals surface area contributed by atoms with Crippen LogP contribution in [0.15, 0.2) is 29.3 Å². The molecule has 2 aliphatic heterocycles. The summed E-state index contributed by atoms with van der Waals surface area (Å²) in [5.74, 6) is 0.500. The Morgan fingerprint density at radius 2 is 1.97 bits per heavy atom. The fraction of sp³-hybridized carbons (Fsp3) is 0.480. The van der Waals surface area contributed by atoms with Crippen LogP contribution < -0.4 is 0 Å². The molecule has 0 atom stereocenters. The number of rotatable bonds is 6. The molecule has 4 rings (SSSR count). The van der Waals surface area contributed by atoms with Gasteiger partial charge in [-0.3, -0.25) is 14.5 Å². The van der Waals surface area contributed by atoms with Crippen LogP contribution in [0.25, 0.3) is 17.0 Å². The number of thiocarbonyl (C=S) groups is 1. The summed E-state index contributed by atoms with van der Waals surface area (Å²) >= 11 is 6.84. The number of aromatic nitrogens is 1. The van der Waals surface area contributed by atoms with E-state index in [2.05, 4.69) is 43.5 Å². The zero-order chi connectivity index (χ0) is 22.8. The van der Waals surface area contributed by atoms with E-state index in [-0.39, 0.29) is 11.8 Å². The molecule has 0 bridgehead atoms. The summed E-state index contributed by atoms with van der Waals surface area (Å²) in [6.45, 7) is 8.97. The summed E-state index contributed by atoms with van der Waals surface area (Å²) in [4.78, 5) is 30.3. The van der Waals surface area contributed by atoms with Gasteiger partial charge >= 0.3 is 0 Å². The first-order valence-electron chi connectivity index (χ1n) is 11.5. The van der Waals surface area contributed by atoms with Crippen molar-refractivity contribution < 1.29 is 9.59 Å². The lowest BCUT2D eigenvalue weighted by molar-refractivity contribution is -0.132. The van der Waals surface area contributed by atoms with Crippen LogP contribution in [-0.4, -0.2) is 50.1 Å². The van der Waals surface area contributed by atoms with E-state index >= 15 is 0 Å². The summed E-state index contributed by atoms with van der Waals surface area (Å²) in [6, 6.07) is 6.26. The molecular formula is C25H31N3O2S2. The number of carbonyl (C=O) groups is 2. The minimum Gasteiger partial charge on any atom is -0.341 e. The summed E-state index contributed by atoms with van der Waals surface area (Å²) in [5.41, 5.74) is 3.26. The lowest BCUT2D eigenvalue weighted by Crippen LogP contribution is -2.37. The van der Waals surface area contributed by atoms with Crippen molar-refractivity contribution in [1.82, 2.24) is 14.4 Å². The molecule has 0 radical (unpaired) electrons. The van der Waals surface area contributed by atoms with Crippen molar-refractivity contribution in [2.24, 2.45) is 5.92 Å². The highest BCUT2D eigenvalue weighted by Crippen LogP contribution is 2.35. The van der Waals surface area contributed by atoms with Gasteiger partial charge in [-0.1, -0.05) is 63.0 Å². The maximum atomic E-state index is 13.0. The van der Waals surface area contributed by atoms with Gasteiger partial charge in [0.1, 0.15) is 10.9 Å². The Morgan fingerprint density at radius 1 is 1.22 bits per heavy atom. The van der Waals surface area contributed by atoms with Gasteiger partial charge in [0.25, 0.3) is 5.91 Å². The highest BCUT2D eigenvalue weighted by atomic mass is 32.2. The number of carbonyl (C=O) groups excluding carboxylic acids is 2. The number of thioether (sulfide) groups is 1. The molecule has 2 saturated heterocycles. The second-order valence-corrected chi connectivity index (χ2v) is 10.7. The number of hydrogen-bond acceptors (Lipinski definition) is 4. The Hall–Kier alpha value is -2.12. The summed E-state index contributed by atoms with van der Waals surface area (Å²) in [5, 5.41) is 1.07. The van der Waals surface area contributed by atoms with Gasteiger partial charge in [0, 0.05) is 36.8 Å². The molecule has 0 spiro atoms. The Bertz CT molecular complexity index is 1080. The lowest BCUT2D eigenvalue weighted by atomic mass is 10.1. The summed E-state index contributed by atoms with van der Waals surface area (Å²) in [7, 11) is 0. The average molecular weight is 470 g/mol. The molecule has 32 heavy (non-hydrogen) atoms. The molecule has 5 nitrogen and oxygen atoms in total. The zero-order valence-corrected chi connectivity index (χ0v) is 20.7. The molecule has 0 N–H and O–H groups in total. The van der Waals surface area contributed by atoms with Crippen LogP contribution in [0.2, 0.25) is 0 Å². The number of benzene rings is 1. The molecule has 0 saturated carbocycles. The number of amides is 2. The normalized spacial score (nSPS) is 18.6. The summed E-state index contributed by atoms with van der Waals surface area (Å²) < 4.78 is 2.69. The topological polar surface area (TPSA) is 45.6 Å². The van der Waals surface area contributed by atoms with Gasteiger partial charge in [-0.15, -0.1) is 0 Å². The van der Waals surface area contributed by atoms with E-state index in [1.54, 1.807) is 4.90 Å². The lowest BCUT2D eigenvalue weighted by Gasteiger charge is -2.27. The van der Waals surface area contributed by atoms with Gasteiger partial charge in [0.2, 0.25) is 5.91 Å². The molecule has 1 aromatic carbocycles. The smallest absolute Gasteiger partial charge is 0.266 e. The Kier molecular flexibility index (Phi) is 7.05. The van der Waals surface area contributed by atoms with Gasteiger partial charge in [0.15, 0.2) is 0 Å². The van der Waals surface area contributed by atoms with Crippen molar-refractivity contribution >= 4 is 57.1 Å². The maximum absolute atomic E-state index is 13.0. The Balaban J connectivity index is 1.70. The van der Waals surface area contributed by atoms with Crippen molar-refractivity contribution in [1.29, 1.82) is 0 Å². The second-order valence-electron chi connectivity index (χ2n) is 9.01. The minimum atomic E-state index is -0.0226. The highest BCUT2D eigenvalue weighted by Gasteiger charge is 2.32. The van der Waals surface area contributed by atoms with E-state index < -0.39 is 0 Å². The molecule has 2 amide bonds. The van der Waals surface area contributed by atoms with Crippen molar-refractivity contribution in [3.8, 4) is 0 Å². The van der Waals surface area contributed by atoms with Crippen LogP contribution in [0.5, 0.6) is 0 Å².